The van der Waals surface area contributed by atoms with Gasteiger partial charge in [0, 0.05) is 3.57 Å². The fraction of sp³-hybridized carbons (Fsp3) is 0.235. The second kappa shape index (κ2) is 7.20. The van der Waals surface area contributed by atoms with Gasteiger partial charge in [-0.2, -0.15) is 8.42 Å². The Labute approximate surface area is 154 Å². The van der Waals surface area contributed by atoms with Crippen molar-refractivity contribution in [1.29, 1.82) is 0 Å². The first-order chi connectivity index (χ1) is 11.1. The minimum Gasteiger partial charge on any atom is -0.423 e. The summed E-state index contributed by atoms with van der Waals surface area (Å²) in [5.74, 6) is -0.352. The van der Waals surface area contributed by atoms with Crippen molar-refractivity contribution in [2.24, 2.45) is 0 Å². The van der Waals surface area contributed by atoms with E-state index in [0.29, 0.717) is 16.9 Å². The van der Waals surface area contributed by atoms with Gasteiger partial charge in [0.15, 0.2) is 0 Å². The molecule has 0 aliphatic heterocycles. The molecule has 0 bridgehead atoms. The number of hydrogen-bond acceptors (Lipinski definition) is 4. The maximum Gasteiger partial charge on any atom is 0.343 e. The van der Waals surface area contributed by atoms with Crippen LogP contribution in [0.3, 0.4) is 0 Å². The highest BCUT2D eigenvalue weighted by atomic mass is 127. The normalized spacial score (nSPS) is 11.6. The molecule has 0 aliphatic rings. The van der Waals surface area contributed by atoms with Crippen LogP contribution < -0.4 is 4.74 Å². The van der Waals surface area contributed by atoms with Crippen LogP contribution >= 0.6 is 22.6 Å². The zero-order chi connectivity index (χ0) is 18.1. The van der Waals surface area contributed by atoms with Crippen LogP contribution in [0.25, 0.3) is 0 Å². The monoisotopic (exact) mass is 460 g/mol. The van der Waals surface area contributed by atoms with Crippen LogP contribution in [-0.2, 0) is 10.1 Å². The lowest BCUT2D eigenvalue weighted by atomic mass is 9.97. The molecule has 128 valence electrons. The van der Waals surface area contributed by atoms with Crippen molar-refractivity contribution < 1.29 is 22.5 Å². The first-order valence-corrected chi connectivity index (χ1v) is 9.71. The maximum atomic E-state index is 12.4. The Morgan fingerprint density at radius 1 is 1.17 bits per heavy atom. The van der Waals surface area contributed by atoms with Gasteiger partial charge in [-0.3, -0.25) is 4.55 Å². The van der Waals surface area contributed by atoms with Crippen molar-refractivity contribution in [3.8, 4) is 5.75 Å². The third-order valence-electron chi connectivity index (χ3n) is 3.50. The summed E-state index contributed by atoms with van der Waals surface area (Å²) in [6.07, 6.45) is 0. The number of carbonyl (C=O) groups excluding carboxylic acids is 1. The van der Waals surface area contributed by atoms with Gasteiger partial charge in [-0.15, -0.1) is 0 Å². The molecule has 2 aromatic rings. The smallest absolute Gasteiger partial charge is 0.343 e. The number of esters is 1. The van der Waals surface area contributed by atoms with Crippen molar-refractivity contribution in [2.75, 3.05) is 0 Å². The van der Waals surface area contributed by atoms with Crippen LogP contribution in [0.5, 0.6) is 5.75 Å². The Bertz CT molecular complexity index is 871. The van der Waals surface area contributed by atoms with Crippen LogP contribution in [0.4, 0.5) is 0 Å². The molecule has 0 saturated carbocycles. The molecule has 0 heterocycles. The highest BCUT2D eigenvalue weighted by molar-refractivity contribution is 14.1. The van der Waals surface area contributed by atoms with Gasteiger partial charge >= 0.3 is 5.97 Å². The number of rotatable bonds is 4. The largest absolute Gasteiger partial charge is 0.423 e. The molecule has 24 heavy (non-hydrogen) atoms. The highest BCUT2D eigenvalue weighted by Gasteiger charge is 2.22. The minimum absolute atomic E-state index is 0.180. The summed E-state index contributed by atoms with van der Waals surface area (Å²) in [5.41, 5.74) is 1.06. The zero-order valence-electron chi connectivity index (χ0n) is 13.4. The zero-order valence-corrected chi connectivity index (χ0v) is 16.4. The van der Waals surface area contributed by atoms with E-state index in [9.17, 15) is 17.8 Å². The summed E-state index contributed by atoms with van der Waals surface area (Å²) in [6.45, 7) is 5.17. The van der Waals surface area contributed by atoms with Gasteiger partial charge in [0.1, 0.15) is 5.75 Å². The topological polar surface area (TPSA) is 80.7 Å². The summed E-state index contributed by atoms with van der Waals surface area (Å²) in [4.78, 5) is 12.2. The number of carbonyl (C=O) groups is 1. The number of benzene rings is 2. The van der Waals surface area contributed by atoms with Gasteiger partial charge in [-0.1, -0.05) is 13.8 Å². The molecule has 7 heteroatoms. The predicted molar refractivity (Wildman–Crippen MR) is 99.2 cm³/mol. The molecule has 1 N–H and O–H groups in total. The second-order valence-corrected chi connectivity index (χ2v) is 8.31. The molecular formula is C17H17IO5S. The van der Waals surface area contributed by atoms with E-state index in [0.717, 1.165) is 3.57 Å². The van der Waals surface area contributed by atoms with E-state index in [1.165, 1.54) is 12.1 Å². The van der Waals surface area contributed by atoms with Crippen LogP contribution in [0, 0.1) is 10.5 Å². The quantitative estimate of drug-likeness (QED) is 0.321. The number of aryl methyl sites for hydroxylation is 1. The predicted octanol–water partition coefficient (Wildman–Crippen LogP) is 4.19. The van der Waals surface area contributed by atoms with Crippen molar-refractivity contribution in [3.05, 3.63) is 56.7 Å². The first-order valence-electron chi connectivity index (χ1n) is 7.19. The maximum absolute atomic E-state index is 12.4. The SMILES string of the molecule is Cc1cc(S(=O)(=O)O)c(C(C)C)cc1C(=O)Oc1ccc(I)cc1. The standard InChI is InChI=1S/C17H17IO5S/c1-10(2)14-9-15(11(3)8-16(14)24(20,21)22)17(19)23-13-6-4-12(18)5-7-13/h4-10H,1-3H3,(H,20,21,22). The van der Waals surface area contributed by atoms with E-state index in [2.05, 4.69) is 22.6 Å². The van der Waals surface area contributed by atoms with Gasteiger partial charge in [-0.05, 0) is 83.0 Å². The summed E-state index contributed by atoms with van der Waals surface area (Å²) in [6, 6.07) is 9.77. The molecule has 0 atom stereocenters. The van der Waals surface area contributed by atoms with Crippen LogP contribution in [-0.4, -0.2) is 18.9 Å². The highest BCUT2D eigenvalue weighted by Crippen LogP contribution is 2.28. The fourth-order valence-corrected chi connectivity index (χ4v) is 3.54. The molecule has 5 nitrogen and oxygen atoms in total. The molecule has 0 aromatic heterocycles. The number of hydrogen-bond donors (Lipinski definition) is 1. The van der Waals surface area contributed by atoms with Gasteiger partial charge in [0.05, 0.1) is 10.5 Å². The van der Waals surface area contributed by atoms with Crippen molar-refractivity contribution in [1.82, 2.24) is 0 Å². The van der Waals surface area contributed by atoms with E-state index in [-0.39, 0.29) is 16.4 Å². The van der Waals surface area contributed by atoms with Crippen molar-refractivity contribution in [2.45, 2.75) is 31.6 Å². The Hall–Kier alpha value is -1.45. The van der Waals surface area contributed by atoms with Gasteiger partial charge in [0.25, 0.3) is 10.1 Å². The molecule has 0 amide bonds. The van der Waals surface area contributed by atoms with Crippen LogP contribution in [0.15, 0.2) is 41.3 Å². The lowest BCUT2D eigenvalue weighted by Gasteiger charge is -2.15. The molecule has 0 aliphatic carbocycles. The second-order valence-electron chi connectivity index (χ2n) is 5.68. The van der Waals surface area contributed by atoms with E-state index in [4.69, 9.17) is 4.74 Å². The molecular weight excluding hydrogens is 443 g/mol. The average Bonchev–Trinajstić information content (AvgIpc) is 2.48. The summed E-state index contributed by atoms with van der Waals surface area (Å²) in [7, 11) is -4.36. The van der Waals surface area contributed by atoms with Crippen molar-refractivity contribution in [3.63, 3.8) is 0 Å². The Morgan fingerprint density at radius 3 is 2.25 bits per heavy atom. The molecule has 0 fully saturated rings. The van der Waals surface area contributed by atoms with E-state index in [1.807, 2.05) is 12.1 Å². The van der Waals surface area contributed by atoms with Gasteiger partial charge < -0.3 is 4.74 Å². The Balaban J connectivity index is 2.45. The van der Waals surface area contributed by atoms with Crippen molar-refractivity contribution >= 4 is 38.7 Å². The summed E-state index contributed by atoms with van der Waals surface area (Å²) in [5, 5.41) is 0. The Morgan fingerprint density at radius 2 is 1.75 bits per heavy atom. The van der Waals surface area contributed by atoms with Crippen LogP contribution in [0.2, 0.25) is 0 Å². The van der Waals surface area contributed by atoms with Crippen LogP contribution in [0.1, 0.15) is 41.3 Å². The first kappa shape index (κ1) is 18.9. The number of ether oxygens (including phenoxy) is 1. The lowest BCUT2D eigenvalue weighted by molar-refractivity contribution is 0.0733. The molecule has 0 radical (unpaired) electrons. The van der Waals surface area contributed by atoms with Gasteiger partial charge in [-0.25, -0.2) is 4.79 Å². The molecule has 2 rings (SSSR count). The fourth-order valence-electron chi connectivity index (χ4n) is 2.26. The summed E-state index contributed by atoms with van der Waals surface area (Å²) < 4.78 is 38.9. The van der Waals surface area contributed by atoms with E-state index < -0.39 is 16.1 Å². The van der Waals surface area contributed by atoms with Gasteiger partial charge in [0.2, 0.25) is 0 Å². The molecule has 0 saturated heterocycles. The Kier molecular flexibility index (Phi) is 5.67. The third kappa shape index (κ3) is 4.34. The van der Waals surface area contributed by atoms with E-state index >= 15 is 0 Å². The molecule has 0 unspecified atom stereocenters. The average molecular weight is 460 g/mol. The lowest BCUT2D eigenvalue weighted by Crippen LogP contribution is -2.14. The molecule has 2 aromatic carbocycles. The third-order valence-corrected chi connectivity index (χ3v) is 5.13. The summed E-state index contributed by atoms with van der Waals surface area (Å²) >= 11 is 2.15. The van der Waals surface area contributed by atoms with E-state index in [1.54, 1.807) is 32.9 Å². The number of halogens is 1. The molecule has 0 spiro atoms. The minimum atomic E-state index is -4.36.